The van der Waals surface area contributed by atoms with Crippen LogP contribution in [0.2, 0.25) is 0 Å². The second-order valence-corrected chi connectivity index (χ2v) is 7.39. The predicted molar refractivity (Wildman–Crippen MR) is 107 cm³/mol. The van der Waals surface area contributed by atoms with Gasteiger partial charge in [-0.25, -0.2) is 4.98 Å². The summed E-state index contributed by atoms with van der Waals surface area (Å²) in [5, 5.41) is 6.83. The molecule has 140 valence electrons. The highest BCUT2D eigenvalue weighted by atomic mass is 32.1. The maximum absolute atomic E-state index is 12.4. The molecular formula is C20H27N3O2S. The normalized spacial score (nSPS) is 10.6. The van der Waals surface area contributed by atoms with E-state index in [0.29, 0.717) is 17.8 Å². The molecule has 6 heteroatoms. The van der Waals surface area contributed by atoms with Crippen LogP contribution in [0.15, 0.2) is 24.3 Å². The number of carbonyl (C=O) groups is 2. The van der Waals surface area contributed by atoms with Gasteiger partial charge in [-0.3, -0.25) is 9.59 Å². The Hall–Kier alpha value is -2.21. The zero-order valence-electron chi connectivity index (χ0n) is 15.7. The highest BCUT2D eigenvalue weighted by Gasteiger charge is 2.14. The van der Waals surface area contributed by atoms with Crippen LogP contribution in [-0.2, 0) is 17.8 Å². The molecule has 0 saturated heterocycles. The smallest absolute Gasteiger partial charge is 0.263 e. The molecule has 5 nitrogen and oxygen atoms in total. The Bertz CT molecular complexity index is 738. The first-order valence-electron chi connectivity index (χ1n) is 9.16. The van der Waals surface area contributed by atoms with Gasteiger partial charge in [0.25, 0.3) is 5.91 Å². The highest BCUT2D eigenvalue weighted by Crippen LogP contribution is 2.20. The van der Waals surface area contributed by atoms with Crippen molar-refractivity contribution in [2.45, 2.75) is 59.4 Å². The molecule has 0 spiro atoms. The van der Waals surface area contributed by atoms with Crippen molar-refractivity contribution in [1.82, 2.24) is 10.3 Å². The fourth-order valence-corrected chi connectivity index (χ4v) is 3.54. The summed E-state index contributed by atoms with van der Waals surface area (Å²) in [5.41, 5.74) is 2.56. The largest absolute Gasteiger partial charge is 0.347 e. The zero-order chi connectivity index (χ0) is 18.9. The van der Waals surface area contributed by atoms with Gasteiger partial charge in [0.2, 0.25) is 5.91 Å². The third-order valence-electron chi connectivity index (χ3n) is 3.96. The summed E-state index contributed by atoms with van der Waals surface area (Å²) in [4.78, 5) is 29.2. The predicted octanol–water partition coefficient (Wildman–Crippen LogP) is 4.46. The number of rotatable bonds is 9. The van der Waals surface area contributed by atoms with E-state index in [-0.39, 0.29) is 11.8 Å². The average Bonchev–Trinajstić information content (AvgIpc) is 3.00. The van der Waals surface area contributed by atoms with Crippen LogP contribution in [0.3, 0.4) is 0 Å². The molecule has 1 aromatic carbocycles. The molecule has 2 aromatic rings. The van der Waals surface area contributed by atoms with Crippen molar-refractivity contribution >= 4 is 28.8 Å². The number of benzene rings is 1. The minimum absolute atomic E-state index is 0.0214. The number of amides is 2. The number of hydrogen-bond acceptors (Lipinski definition) is 4. The van der Waals surface area contributed by atoms with Gasteiger partial charge in [0, 0.05) is 18.7 Å². The molecule has 0 radical (unpaired) electrons. The Labute approximate surface area is 159 Å². The second kappa shape index (κ2) is 10.1. The molecule has 0 aliphatic heterocycles. The SMILES string of the molecule is CCCCc1nc(C)c(C(=O)NCc2ccc(NC(=O)CCC)cc2)s1. The van der Waals surface area contributed by atoms with E-state index >= 15 is 0 Å². The lowest BCUT2D eigenvalue weighted by molar-refractivity contribution is -0.116. The number of aromatic nitrogens is 1. The molecular weight excluding hydrogens is 346 g/mol. The van der Waals surface area contributed by atoms with E-state index in [2.05, 4.69) is 22.5 Å². The Morgan fingerprint density at radius 1 is 1.12 bits per heavy atom. The maximum Gasteiger partial charge on any atom is 0.263 e. The molecule has 2 amide bonds. The van der Waals surface area contributed by atoms with Crippen LogP contribution >= 0.6 is 11.3 Å². The number of hydrogen-bond donors (Lipinski definition) is 2. The van der Waals surface area contributed by atoms with Crippen molar-refractivity contribution in [2.75, 3.05) is 5.32 Å². The topological polar surface area (TPSA) is 71.1 Å². The van der Waals surface area contributed by atoms with Gasteiger partial charge in [-0.05, 0) is 43.9 Å². The molecule has 2 rings (SSSR count). The van der Waals surface area contributed by atoms with Crippen molar-refractivity contribution in [1.29, 1.82) is 0 Å². The van der Waals surface area contributed by atoms with Gasteiger partial charge >= 0.3 is 0 Å². The average molecular weight is 374 g/mol. The highest BCUT2D eigenvalue weighted by molar-refractivity contribution is 7.13. The van der Waals surface area contributed by atoms with Crippen LogP contribution in [0.1, 0.15) is 65.5 Å². The van der Waals surface area contributed by atoms with E-state index in [1.165, 1.54) is 11.3 Å². The Kier molecular flexibility index (Phi) is 7.78. The minimum Gasteiger partial charge on any atom is -0.347 e. The van der Waals surface area contributed by atoms with Gasteiger partial charge in [-0.15, -0.1) is 11.3 Å². The first-order chi connectivity index (χ1) is 12.5. The number of unbranched alkanes of at least 4 members (excludes halogenated alkanes) is 1. The van der Waals surface area contributed by atoms with Gasteiger partial charge in [-0.2, -0.15) is 0 Å². The van der Waals surface area contributed by atoms with Gasteiger partial charge < -0.3 is 10.6 Å². The van der Waals surface area contributed by atoms with E-state index in [0.717, 1.165) is 47.6 Å². The fraction of sp³-hybridized carbons (Fsp3) is 0.450. The third-order valence-corrected chi connectivity index (χ3v) is 5.18. The van der Waals surface area contributed by atoms with Crippen LogP contribution < -0.4 is 10.6 Å². The molecule has 0 saturated carbocycles. The number of carbonyl (C=O) groups excluding carboxylic acids is 2. The van der Waals surface area contributed by atoms with Crippen LogP contribution in [-0.4, -0.2) is 16.8 Å². The molecule has 1 heterocycles. The van der Waals surface area contributed by atoms with Crippen molar-refractivity contribution in [2.24, 2.45) is 0 Å². The lowest BCUT2D eigenvalue weighted by Gasteiger charge is -2.07. The number of anilines is 1. The zero-order valence-corrected chi connectivity index (χ0v) is 16.5. The lowest BCUT2D eigenvalue weighted by Crippen LogP contribution is -2.22. The van der Waals surface area contributed by atoms with Gasteiger partial charge in [0.15, 0.2) is 0 Å². The summed E-state index contributed by atoms with van der Waals surface area (Å²) >= 11 is 1.49. The number of thiazole rings is 1. The lowest BCUT2D eigenvalue weighted by atomic mass is 10.2. The van der Waals surface area contributed by atoms with E-state index in [9.17, 15) is 9.59 Å². The Morgan fingerprint density at radius 2 is 1.85 bits per heavy atom. The van der Waals surface area contributed by atoms with Crippen LogP contribution in [0.25, 0.3) is 0 Å². The van der Waals surface area contributed by atoms with Gasteiger partial charge in [0.1, 0.15) is 4.88 Å². The van der Waals surface area contributed by atoms with Crippen LogP contribution in [0.4, 0.5) is 5.69 Å². The molecule has 0 aliphatic rings. The first kappa shape index (κ1) is 20.1. The summed E-state index contributed by atoms with van der Waals surface area (Å²) in [7, 11) is 0. The Morgan fingerprint density at radius 3 is 2.50 bits per heavy atom. The second-order valence-electron chi connectivity index (χ2n) is 6.30. The summed E-state index contributed by atoms with van der Waals surface area (Å²) in [6.07, 6.45) is 4.49. The van der Waals surface area contributed by atoms with E-state index in [1.54, 1.807) is 0 Å². The minimum atomic E-state index is -0.0805. The molecule has 2 N–H and O–H groups in total. The van der Waals surface area contributed by atoms with Gasteiger partial charge in [-0.1, -0.05) is 32.4 Å². The molecule has 0 unspecified atom stereocenters. The molecule has 0 aliphatic carbocycles. The molecule has 1 aromatic heterocycles. The quantitative estimate of drug-likeness (QED) is 0.681. The van der Waals surface area contributed by atoms with E-state index < -0.39 is 0 Å². The summed E-state index contributed by atoms with van der Waals surface area (Å²) in [6.45, 7) is 6.45. The standard InChI is InChI=1S/C20H27N3O2S/c1-4-6-8-18-22-14(3)19(26-18)20(25)21-13-15-9-11-16(12-10-15)23-17(24)7-5-2/h9-12H,4-8,13H2,1-3H3,(H,21,25)(H,23,24). The maximum atomic E-state index is 12.4. The van der Waals surface area contributed by atoms with Gasteiger partial charge in [0.05, 0.1) is 10.7 Å². The molecule has 26 heavy (non-hydrogen) atoms. The third kappa shape index (κ3) is 5.95. The van der Waals surface area contributed by atoms with E-state index in [4.69, 9.17) is 0 Å². The molecule has 0 atom stereocenters. The number of nitrogens with one attached hydrogen (secondary N) is 2. The van der Waals surface area contributed by atoms with Crippen LogP contribution in [0.5, 0.6) is 0 Å². The molecule has 0 bridgehead atoms. The summed E-state index contributed by atoms with van der Waals surface area (Å²) in [6, 6.07) is 7.54. The fourth-order valence-electron chi connectivity index (χ4n) is 2.52. The Balaban J connectivity index is 1.89. The van der Waals surface area contributed by atoms with E-state index in [1.807, 2.05) is 38.1 Å². The van der Waals surface area contributed by atoms with Crippen LogP contribution in [0, 0.1) is 6.92 Å². The monoisotopic (exact) mass is 373 g/mol. The first-order valence-corrected chi connectivity index (χ1v) is 9.98. The summed E-state index contributed by atoms with van der Waals surface area (Å²) in [5.74, 6) is -0.0591. The summed E-state index contributed by atoms with van der Waals surface area (Å²) < 4.78 is 0. The van der Waals surface area contributed by atoms with Crippen molar-refractivity contribution in [3.63, 3.8) is 0 Å². The van der Waals surface area contributed by atoms with Crippen molar-refractivity contribution in [3.05, 3.63) is 45.4 Å². The molecule has 0 fully saturated rings. The number of aryl methyl sites for hydroxylation is 2. The van der Waals surface area contributed by atoms with Crippen molar-refractivity contribution < 1.29 is 9.59 Å². The van der Waals surface area contributed by atoms with Crippen molar-refractivity contribution in [3.8, 4) is 0 Å². The number of nitrogens with zero attached hydrogens (tertiary/aromatic N) is 1.